The standard InChI is InChI=1S/C16H24N2O2/c19-11-5-9-17-16(20)15-8-4-10-18(13-15)12-14-6-2-1-3-7-14/h1-3,6-7,15,19H,4-5,8-13H2,(H,17,20). The molecule has 1 aliphatic rings. The van der Waals surface area contributed by atoms with E-state index in [1.807, 2.05) is 6.07 Å². The van der Waals surface area contributed by atoms with E-state index in [4.69, 9.17) is 5.11 Å². The zero-order chi connectivity index (χ0) is 14.2. The first kappa shape index (κ1) is 15.0. The summed E-state index contributed by atoms with van der Waals surface area (Å²) in [7, 11) is 0. The van der Waals surface area contributed by atoms with Crippen LogP contribution in [0.1, 0.15) is 24.8 Å². The molecular weight excluding hydrogens is 252 g/mol. The van der Waals surface area contributed by atoms with Gasteiger partial charge in [0, 0.05) is 26.2 Å². The monoisotopic (exact) mass is 276 g/mol. The maximum atomic E-state index is 12.1. The number of carbonyl (C=O) groups is 1. The third-order valence-corrected chi connectivity index (χ3v) is 3.76. The minimum atomic E-state index is 0.0890. The molecule has 1 aromatic rings. The van der Waals surface area contributed by atoms with Gasteiger partial charge in [0.1, 0.15) is 0 Å². The molecule has 1 unspecified atom stereocenters. The minimum Gasteiger partial charge on any atom is -0.396 e. The summed E-state index contributed by atoms with van der Waals surface area (Å²) >= 11 is 0. The van der Waals surface area contributed by atoms with Gasteiger partial charge in [-0.05, 0) is 31.4 Å². The first-order valence-electron chi connectivity index (χ1n) is 7.44. The van der Waals surface area contributed by atoms with E-state index in [1.54, 1.807) is 0 Å². The number of aliphatic hydroxyl groups excluding tert-OH is 1. The number of rotatable bonds is 6. The Morgan fingerprint density at radius 2 is 2.15 bits per heavy atom. The molecule has 4 heteroatoms. The van der Waals surface area contributed by atoms with Crippen molar-refractivity contribution in [1.82, 2.24) is 10.2 Å². The van der Waals surface area contributed by atoms with E-state index in [0.29, 0.717) is 13.0 Å². The van der Waals surface area contributed by atoms with E-state index < -0.39 is 0 Å². The molecule has 1 saturated heterocycles. The van der Waals surface area contributed by atoms with E-state index >= 15 is 0 Å². The molecule has 1 fully saturated rings. The topological polar surface area (TPSA) is 52.6 Å². The molecule has 0 bridgehead atoms. The third-order valence-electron chi connectivity index (χ3n) is 3.76. The molecule has 0 aromatic heterocycles. The summed E-state index contributed by atoms with van der Waals surface area (Å²) in [5.74, 6) is 0.224. The van der Waals surface area contributed by atoms with Gasteiger partial charge in [-0.2, -0.15) is 0 Å². The molecule has 0 aliphatic carbocycles. The maximum absolute atomic E-state index is 12.1. The van der Waals surface area contributed by atoms with Gasteiger partial charge in [0.15, 0.2) is 0 Å². The molecule has 1 aromatic carbocycles. The van der Waals surface area contributed by atoms with Crippen LogP contribution in [0.15, 0.2) is 30.3 Å². The van der Waals surface area contributed by atoms with Crippen molar-refractivity contribution in [3.05, 3.63) is 35.9 Å². The number of benzene rings is 1. The van der Waals surface area contributed by atoms with E-state index in [2.05, 4.69) is 34.5 Å². The number of hydrogen-bond acceptors (Lipinski definition) is 3. The Bertz CT molecular complexity index is 408. The first-order valence-corrected chi connectivity index (χ1v) is 7.44. The zero-order valence-electron chi connectivity index (χ0n) is 11.9. The quantitative estimate of drug-likeness (QED) is 0.772. The summed E-state index contributed by atoms with van der Waals surface area (Å²) in [6.45, 7) is 3.52. The van der Waals surface area contributed by atoms with Crippen LogP contribution in [0.2, 0.25) is 0 Å². The third kappa shape index (κ3) is 4.62. The normalized spacial score (nSPS) is 19.8. The van der Waals surface area contributed by atoms with Crippen LogP contribution in [-0.2, 0) is 11.3 Å². The predicted molar refractivity (Wildman–Crippen MR) is 79.2 cm³/mol. The van der Waals surface area contributed by atoms with Crippen LogP contribution >= 0.6 is 0 Å². The number of amides is 1. The highest BCUT2D eigenvalue weighted by Crippen LogP contribution is 2.18. The molecule has 20 heavy (non-hydrogen) atoms. The second-order valence-corrected chi connectivity index (χ2v) is 5.43. The fraction of sp³-hybridized carbons (Fsp3) is 0.562. The van der Waals surface area contributed by atoms with Gasteiger partial charge in [0.05, 0.1) is 5.92 Å². The average Bonchev–Trinajstić information content (AvgIpc) is 2.49. The number of nitrogens with one attached hydrogen (secondary N) is 1. The molecule has 2 N–H and O–H groups in total. The molecule has 1 atom stereocenters. The van der Waals surface area contributed by atoms with Crippen LogP contribution in [-0.4, -0.2) is 42.2 Å². The van der Waals surface area contributed by atoms with Gasteiger partial charge >= 0.3 is 0 Å². The maximum Gasteiger partial charge on any atom is 0.224 e. The number of likely N-dealkylation sites (tertiary alicyclic amines) is 1. The zero-order valence-corrected chi connectivity index (χ0v) is 11.9. The molecule has 0 radical (unpaired) electrons. The first-order chi connectivity index (χ1) is 9.79. The number of hydrogen-bond donors (Lipinski definition) is 2. The second kappa shape index (κ2) is 8.02. The van der Waals surface area contributed by atoms with Crippen molar-refractivity contribution in [3.8, 4) is 0 Å². The van der Waals surface area contributed by atoms with Gasteiger partial charge in [-0.1, -0.05) is 30.3 Å². The molecule has 2 rings (SSSR count). The van der Waals surface area contributed by atoms with Crippen LogP contribution < -0.4 is 5.32 Å². The minimum absolute atomic E-state index is 0.0890. The Labute approximate surface area is 120 Å². The highest BCUT2D eigenvalue weighted by Gasteiger charge is 2.25. The summed E-state index contributed by atoms with van der Waals surface area (Å²) in [4.78, 5) is 14.4. The highest BCUT2D eigenvalue weighted by molar-refractivity contribution is 5.78. The fourth-order valence-corrected chi connectivity index (χ4v) is 2.69. The van der Waals surface area contributed by atoms with Gasteiger partial charge in [-0.15, -0.1) is 0 Å². The summed E-state index contributed by atoms with van der Waals surface area (Å²) in [6.07, 6.45) is 2.67. The van der Waals surface area contributed by atoms with Gasteiger partial charge < -0.3 is 10.4 Å². The largest absolute Gasteiger partial charge is 0.396 e. The van der Waals surface area contributed by atoms with Crippen molar-refractivity contribution in [3.63, 3.8) is 0 Å². The van der Waals surface area contributed by atoms with Crippen LogP contribution in [0, 0.1) is 5.92 Å². The molecule has 0 saturated carbocycles. The van der Waals surface area contributed by atoms with Crippen LogP contribution in [0.25, 0.3) is 0 Å². The molecule has 1 aliphatic heterocycles. The predicted octanol–water partition coefficient (Wildman–Crippen LogP) is 1.40. The molecule has 1 heterocycles. The van der Waals surface area contributed by atoms with Gasteiger partial charge in [0.2, 0.25) is 5.91 Å². The SMILES string of the molecule is O=C(NCCCO)C1CCCN(Cc2ccccc2)C1. The summed E-state index contributed by atoms with van der Waals surface area (Å²) in [5.41, 5.74) is 1.30. The molecule has 1 amide bonds. The summed E-state index contributed by atoms with van der Waals surface area (Å²) < 4.78 is 0. The van der Waals surface area contributed by atoms with Crippen molar-refractivity contribution in [1.29, 1.82) is 0 Å². The van der Waals surface area contributed by atoms with Crippen LogP contribution in [0.5, 0.6) is 0 Å². The van der Waals surface area contributed by atoms with E-state index in [-0.39, 0.29) is 18.4 Å². The van der Waals surface area contributed by atoms with Crippen LogP contribution in [0.3, 0.4) is 0 Å². The van der Waals surface area contributed by atoms with Crippen molar-refractivity contribution < 1.29 is 9.90 Å². The lowest BCUT2D eigenvalue weighted by atomic mass is 9.96. The van der Waals surface area contributed by atoms with Crippen molar-refractivity contribution in [2.75, 3.05) is 26.2 Å². The van der Waals surface area contributed by atoms with Crippen molar-refractivity contribution in [2.45, 2.75) is 25.8 Å². The Morgan fingerprint density at radius 1 is 1.35 bits per heavy atom. The number of carbonyl (C=O) groups excluding carboxylic acids is 1. The summed E-state index contributed by atoms with van der Waals surface area (Å²) in [5, 5.41) is 11.6. The summed E-state index contributed by atoms with van der Waals surface area (Å²) in [6, 6.07) is 10.4. The Kier molecular flexibility index (Phi) is 6.02. The van der Waals surface area contributed by atoms with E-state index in [0.717, 1.165) is 32.5 Å². The van der Waals surface area contributed by atoms with Gasteiger partial charge in [-0.3, -0.25) is 9.69 Å². The molecule has 0 spiro atoms. The molecule has 110 valence electrons. The Morgan fingerprint density at radius 3 is 2.90 bits per heavy atom. The molecule has 4 nitrogen and oxygen atoms in total. The number of aliphatic hydroxyl groups is 1. The Balaban J connectivity index is 1.80. The number of nitrogens with zero attached hydrogens (tertiary/aromatic N) is 1. The lowest BCUT2D eigenvalue weighted by Gasteiger charge is -2.32. The number of piperidine rings is 1. The Hall–Kier alpha value is -1.39. The lowest BCUT2D eigenvalue weighted by molar-refractivity contribution is -0.126. The van der Waals surface area contributed by atoms with E-state index in [1.165, 1.54) is 5.56 Å². The second-order valence-electron chi connectivity index (χ2n) is 5.43. The van der Waals surface area contributed by atoms with Gasteiger partial charge in [-0.25, -0.2) is 0 Å². The smallest absolute Gasteiger partial charge is 0.224 e. The van der Waals surface area contributed by atoms with E-state index in [9.17, 15) is 4.79 Å². The van der Waals surface area contributed by atoms with Gasteiger partial charge in [0.25, 0.3) is 0 Å². The molecular formula is C16H24N2O2. The highest BCUT2D eigenvalue weighted by atomic mass is 16.3. The van der Waals surface area contributed by atoms with Crippen molar-refractivity contribution >= 4 is 5.91 Å². The average molecular weight is 276 g/mol. The van der Waals surface area contributed by atoms with Crippen molar-refractivity contribution in [2.24, 2.45) is 5.92 Å². The fourth-order valence-electron chi connectivity index (χ4n) is 2.69. The van der Waals surface area contributed by atoms with Crippen LogP contribution in [0.4, 0.5) is 0 Å². The lowest BCUT2D eigenvalue weighted by Crippen LogP contribution is -2.43.